The number of nitrogens with zero attached hydrogens (tertiary/aromatic N) is 2. The second-order valence-electron chi connectivity index (χ2n) is 9.97. The van der Waals surface area contributed by atoms with Crippen molar-refractivity contribution in [3.8, 4) is 0 Å². The molecule has 13 heteroatoms. The summed E-state index contributed by atoms with van der Waals surface area (Å²) in [4.78, 5) is 35.7. The molecule has 0 aromatic carbocycles. The SMILES string of the molecule is O=C(OC(=NC1CCCCC1)NC1CCCCC1)c1ccc[n+]([C@@H]2O[C@H](COP(=O)(O)O)[C@@H](O)[C@H]2O)c1. The molecule has 12 nitrogen and oxygen atoms in total. The number of hydrogen-bond donors (Lipinski definition) is 5. The minimum Gasteiger partial charge on any atom is -0.389 e. The molecule has 2 aliphatic carbocycles. The molecular formula is C24H37N3O9P+. The molecule has 5 N–H and O–H groups in total. The van der Waals surface area contributed by atoms with Gasteiger partial charge in [-0.25, -0.2) is 14.4 Å². The molecule has 37 heavy (non-hydrogen) atoms. The van der Waals surface area contributed by atoms with E-state index in [9.17, 15) is 19.6 Å². The molecule has 2 heterocycles. The van der Waals surface area contributed by atoms with E-state index in [1.165, 1.54) is 23.6 Å². The van der Waals surface area contributed by atoms with Crippen LogP contribution in [0.5, 0.6) is 0 Å². The number of esters is 1. The smallest absolute Gasteiger partial charge is 0.389 e. The van der Waals surface area contributed by atoms with Crippen LogP contribution in [0, 0.1) is 0 Å². The van der Waals surface area contributed by atoms with Gasteiger partial charge in [0.1, 0.15) is 17.8 Å². The molecule has 0 amide bonds. The average Bonchev–Trinajstić information content (AvgIpc) is 3.17. The van der Waals surface area contributed by atoms with Gasteiger partial charge in [-0.3, -0.25) is 4.52 Å². The first kappa shape index (κ1) is 28.1. The summed E-state index contributed by atoms with van der Waals surface area (Å²) >= 11 is 0. The normalized spacial score (nSPS) is 28.3. The first-order valence-electron chi connectivity index (χ1n) is 13.0. The maximum Gasteiger partial charge on any atom is 0.469 e. The molecule has 1 aliphatic heterocycles. The van der Waals surface area contributed by atoms with E-state index in [1.807, 2.05) is 0 Å². The van der Waals surface area contributed by atoms with Gasteiger partial charge in [-0.1, -0.05) is 38.5 Å². The summed E-state index contributed by atoms with van der Waals surface area (Å²) in [6.07, 6.45) is 8.58. The zero-order valence-corrected chi connectivity index (χ0v) is 21.6. The van der Waals surface area contributed by atoms with Gasteiger partial charge in [0.2, 0.25) is 0 Å². The Labute approximate surface area is 215 Å². The Hall–Kier alpha value is -1.92. The van der Waals surface area contributed by atoms with Gasteiger partial charge in [0, 0.05) is 12.1 Å². The lowest BCUT2D eigenvalue weighted by Crippen LogP contribution is -2.46. The molecule has 2 saturated carbocycles. The topological polar surface area (TPSA) is 171 Å². The van der Waals surface area contributed by atoms with E-state index in [2.05, 4.69) is 9.84 Å². The summed E-state index contributed by atoms with van der Waals surface area (Å²) in [5.74, 6) is -0.623. The second kappa shape index (κ2) is 12.8. The first-order valence-corrected chi connectivity index (χ1v) is 14.5. The highest BCUT2D eigenvalue weighted by Gasteiger charge is 2.49. The third kappa shape index (κ3) is 8.03. The Morgan fingerprint density at radius 3 is 2.43 bits per heavy atom. The van der Waals surface area contributed by atoms with E-state index < -0.39 is 44.9 Å². The van der Waals surface area contributed by atoms with Crippen molar-refractivity contribution in [3.05, 3.63) is 30.1 Å². The average molecular weight is 543 g/mol. The molecule has 0 radical (unpaired) electrons. The number of aliphatic hydroxyl groups excluding tert-OH is 2. The fourth-order valence-corrected chi connectivity index (χ4v) is 5.43. The number of amidine groups is 1. The molecule has 1 aromatic heterocycles. The van der Waals surface area contributed by atoms with Crippen molar-refractivity contribution in [1.82, 2.24) is 5.32 Å². The summed E-state index contributed by atoms with van der Waals surface area (Å²) in [5, 5.41) is 24.1. The van der Waals surface area contributed by atoms with Crippen LogP contribution in [0.25, 0.3) is 0 Å². The lowest BCUT2D eigenvalue weighted by atomic mass is 9.95. The second-order valence-corrected chi connectivity index (χ2v) is 11.2. The van der Waals surface area contributed by atoms with Crippen LogP contribution in [0.15, 0.2) is 29.5 Å². The highest BCUT2D eigenvalue weighted by molar-refractivity contribution is 7.46. The number of nitrogens with one attached hydrogen (secondary N) is 1. The van der Waals surface area contributed by atoms with E-state index in [1.54, 1.807) is 18.3 Å². The van der Waals surface area contributed by atoms with Crippen LogP contribution in [0.3, 0.4) is 0 Å². The largest absolute Gasteiger partial charge is 0.469 e. The standard InChI is InChI=1S/C24H36N3O9P/c28-20-19(15-34-37(31,32)33)35-22(21(20)29)27-13-7-8-16(14-27)23(30)36-24(25-17-9-3-1-4-10-17)26-18-11-5-2-6-12-18/h7-8,13-14,17-22,28-29H,1-6,9-12,15H2,(H2-,25,26,31,32,33)/p+1/t19-,20-,21-,22-/m1/s1. The predicted molar refractivity (Wildman–Crippen MR) is 130 cm³/mol. The van der Waals surface area contributed by atoms with E-state index in [0.29, 0.717) is 0 Å². The number of hydrogen-bond acceptors (Lipinski definition) is 8. The zero-order chi connectivity index (χ0) is 26.4. The van der Waals surface area contributed by atoms with Gasteiger partial charge in [0.25, 0.3) is 12.2 Å². The van der Waals surface area contributed by atoms with E-state index >= 15 is 0 Å². The van der Waals surface area contributed by atoms with Crippen LogP contribution in [-0.2, 0) is 18.6 Å². The van der Waals surface area contributed by atoms with Gasteiger partial charge in [-0.2, -0.15) is 4.57 Å². The number of ether oxygens (including phenoxy) is 2. The van der Waals surface area contributed by atoms with Crippen molar-refractivity contribution in [3.63, 3.8) is 0 Å². The third-order valence-electron chi connectivity index (χ3n) is 7.09. The van der Waals surface area contributed by atoms with Crippen molar-refractivity contribution < 1.29 is 47.9 Å². The maximum absolute atomic E-state index is 13.1. The van der Waals surface area contributed by atoms with E-state index in [4.69, 9.17) is 24.3 Å². The number of phosphoric acid groups is 1. The molecule has 1 aromatic rings. The molecule has 206 valence electrons. The Balaban J connectivity index is 1.45. The van der Waals surface area contributed by atoms with Crippen molar-refractivity contribution in [2.45, 2.75) is 101 Å². The number of aliphatic imine (C=N–C) groups is 1. The number of rotatable bonds is 7. The van der Waals surface area contributed by atoms with Gasteiger partial charge >= 0.3 is 13.8 Å². The number of carbonyl (C=O) groups excluding carboxylic acids is 1. The van der Waals surface area contributed by atoms with Crippen LogP contribution >= 0.6 is 7.82 Å². The number of phosphoric ester groups is 1. The van der Waals surface area contributed by atoms with Gasteiger partial charge in [-0.15, -0.1) is 0 Å². The van der Waals surface area contributed by atoms with Crippen molar-refractivity contribution in [2.75, 3.05) is 6.61 Å². The van der Waals surface area contributed by atoms with E-state index in [-0.39, 0.29) is 23.7 Å². The Morgan fingerprint density at radius 1 is 1.08 bits per heavy atom. The van der Waals surface area contributed by atoms with E-state index in [0.717, 1.165) is 51.4 Å². The van der Waals surface area contributed by atoms with Crippen LogP contribution < -0.4 is 9.88 Å². The Morgan fingerprint density at radius 2 is 1.76 bits per heavy atom. The summed E-state index contributed by atoms with van der Waals surface area (Å²) in [7, 11) is -4.78. The molecular weight excluding hydrogens is 505 g/mol. The van der Waals surface area contributed by atoms with Crippen molar-refractivity contribution in [2.24, 2.45) is 4.99 Å². The van der Waals surface area contributed by atoms with Crippen LogP contribution in [-0.4, -0.2) is 69.0 Å². The van der Waals surface area contributed by atoms with Gasteiger partial charge in [0.15, 0.2) is 18.5 Å². The fourth-order valence-electron chi connectivity index (χ4n) is 5.09. The lowest BCUT2D eigenvalue weighted by Gasteiger charge is -2.25. The van der Waals surface area contributed by atoms with Crippen molar-refractivity contribution >= 4 is 19.8 Å². The quantitative estimate of drug-likeness (QED) is 0.112. The lowest BCUT2D eigenvalue weighted by molar-refractivity contribution is -0.765. The van der Waals surface area contributed by atoms with Crippen LogP contribution in [0.2, 0.25) is 0 Å². The number of carbonyl (C=O) groups is 1. The zero-order valence-electron chi connectivity index (χ0n) is 20.7. The number of pyridine rings is 1. The third-order valence-corrected chi connectivity index (χ3v) is 7.58. The summed E-state index contributed by atoms with van der Waals surface area (Å²) < 4.78 is 28.1. The van der Waals surface area contributed by atoms with Gasteiger partial charge < -0.3 is 34.8 Å². The van der Waals surface area contributed by atoms with Gasteiger partial charge in [-0.05, 0) is 31.7 Å². The molecule has 4 atom stereocenters. The van der Waals surface area contributed by atoms with Crippen LogP contribution in [0.1, 0.15) is 80.8 Å². The maximum atomic E-state index is 13.1. The summed E-state index contributed by atoms with van der Waals surface area (Å²) in [6.45, 7) is -0.616. The fraction of sp³-hybridized carbons (Fsp3) is 0.708. The summed E-state index contributed by atoms with van der Waals surface area (Å²) in [6, 6.07) is 3.69. The molecule has 0 unspecified atom stereocenters. The number of aliphatic hydroxyl groups is 2. The predicted octanol–water partition coefficient (Wildman–Crippen LogP) is 1.47. The molecule has 0 spiro atoms. The molecule has 0 bridgehead atoms. The minimum absolute atomic E-state index is 0.115. The molecule has 3 fully saturated rings. The van der Waals surface area contributed by atoms with Gasteiger partial charge in [0.05, 0.1) is 12.6 Å². The Kier molecular flexibility index (Phi) is 9.68. The minimum atomic E-state index is -4.78. The van der Waals surface area contributed by atoms with Crippen LogP contribution in [0.4, 0.5) is 0 Å². The first-order chi connectivity index (χ1) is 17.7. The highest BCUT2D eigenvalue weighted by atomic mass is 31.2. The number of aromatic nitrogens is 1. The molecule has 1 saturated heterocycles. The van der Waals surface area contributed by atoms with Crippen molar-refractivity contribution in [1.29, 1.82) is 0 Å². The summed E-state index contributed by atoms with van der Waals surface area (Å²) in [5.41, 5.74) is 0.185. The highest BCUT2D eigenvalue weighted by Crippen LogP contribution is 2.37. The Bertz CT molecular complexity index is 991. The monoisotopic (exact) mass is 542 g/mol. The molecule has 4 rings (SSSR count). The molecule has 3 aliphatic rings.